The van der Waals surface area contributed by atoms with E-state index in [0.29, 0.717) is 18.6 Å². The first-order valence-electron chi connectivity index (χ1n) is 7.98. The highest BCUT2D eigenvalue weighted by atomic mass is 19.4. The number of benzene rings is 3. The summed E-state index contributed by atoms with van der Waals surface area (Å²) in [5.74, 6) is 0.745. The molecular formula is C20H18F3NO. The standard InChI is InChI=1S/C20H18F3NO/c21-20(22,23)16-8-3-7-15(13-16)18(24)11-12-25-19-10-4-6-14-5-1-2-9-17(14)19/h1-10,13,18H,11-12,24H2/t18-/m0/s1. The molecule has 0 amide bonds. The second-order valence-electron chi connectivity index (χ2n) is 5.84. The largest absolute Gasteiger partial charge is 0.493 e. The Labute approximate surface area is 144 Å². The van der Waals surface area contributed by atoms with Gasteiger partial charge in [-0.3, -0.25) is 0 Å². The quantitative estimate of drug-likeness (QED) is 0.678. The van der Waals surface area contributed by atoms with Crippen molar-refractivity contribution >= 4 is 10.8 Å². The molecule has 0 aliphatic rings. The smallest absolute Gasteiger partial charge is 0.416 e. The minimum absolute atomic E-state index is 0.325. The number of hydrogen-bond donors (Lipinski definition) is 1. The molecule has 3 rings (SSSR count). The first kappa shape index (κ1) is 17.3. The van der Waals surface area contributed by atoms with Crippen molar-refractivity contribution in [2.45, 2.75) is 18.6 Å². The fraction of sp³-hybridized carbons (Fsp3) is 0.200. The number of alkyl halides is 3. The Balaban J connectivity index is 1.66. The second kappa shape index (κ2) is 7.15. The van der Waals surface area contributed by atoms with Gasteiger partial charge in [0, 0.05) is 17.8 Å². The predicted molar refractivity (Wildman–Crippen MR) is 92.4 cm³/mol. The van der Waals surface area contributed by atoms with E-state index in [0.717, 1.165) is 28.7 Å². The van der Waals surface area contributed by atoms with E-state index in [4.69, 9.17) is 10.5 Å². The van der Waals surface area contributed by atoms with E-state index in [9.17, 15) is 13.2 Å². The predicted octanol–water partition coefficient (Wildman–Crippen LogP) is 5.33. The third-order valence-electron chi connectivity index (χ3n) is 4.08. The van der Waals surface area contributed by atoms with Crippen molar-refractivity contribution < 1.29 is 17.9 Å². The maximum Gasteiger partial charge on any atom is 0.416 e. The summed E-state index contributed by atoms with van der Waals surface area (Å²) >= 11 is 0. The summed E-state index contributed by atoms with van der Waals surface area (Å²) in [7, 11) is 0. The van der Waals surface area contributed by atoms with Crippen LogP contribution in [0.15, 0.2) is 66.7 Å². The first-order valence-corrected chi connectivity index (χ1v) is 7.98. The molecule has 0 saturated heterocycles. The van der Waals surface area contributed by atoms with E-state index in [-0.39, 0.29) is 0 Å². The highest BCUT2D eigenvalue weighted by molar-refractivity contribution is 5.88. The van der Waals surface area contributed by atoms with Crippen LogP contribution < -0.4 is 10.5 Å². The molecule has 3 aromatic rings. The van der Waals surface area contributed by atoms with E-state index in [1.165, 1.54) is 6.07 Å². The summed E-state index contributed by atoms with van der Waals surface area (Å²) in [5, 5.41) is 2.07. The van der Waals surface area contributed by atoms with Crippen LogP contribution in [0.5, 0.6) is 5.75 Å². The number of ether oxygens (including phenoxy) is 1. The van der Waals surface area contributed by atoms with Gasteiger partial charge in [0.2, 0.25) is 0 Å². The van der Waals surface area contributed by atoms with Crippen LogP contribution in [-0.4, -0.2) is 6.61 Å². The molecule has 0 spiro atoms. The van der Waals surface area contributed by atoms with Crippen molar-refractivity contribution in [3.8, 4) is 5.75 Å². The van der Waals surface area contributed by atoms with Crippen LogP contribution in [0.2, 0.25) is 0 Å². The van der Waals surface area contributed by atoms with Gasteiger partial charge < -0.3 is 10.5 Å². The lowest BCUT2D eigenvalue weighted by molar-refractivity contribution is -0.137. The monoisotopic (exact) mass is 345 g/mol. The zero-order valence-electron chi connectivity index (χ0n) is 13.5. The van der Waals surface area contributed by atoms with Gasteiger partial charge in [-0.15, -0.1) is 0 Å². The Kier molecular flexibility index (Phi) is 4.95. The molecule has 3 aromatic carbocycles. The highest BCUT2D eigenvalue weighted by Gasteiger charge is 2.30. The summed E-state index contributed by atoms with van der Waals surface area (Å²) in [6.45, 7) is 0.325. The molecule has 0 fully saturated rings. The van der Waals surface area contributed by atoms with Gasteiger partial charge in [-0.1, -0.05) is 48.5 Å². The van der Waals surface area contributed by atoms with Crippen molar-refractivity contribution in [1.29, 1.82) is 0 Å². The molecule has 25 heavy (non-hydrogen) atoms. The molecule has 0 radical (unpaired) electrons. The van der Waals surface area contributed by atoms with Crippen molar-refractivity contribution in [1.82, 2.24) is 0 Å². The van der Waals surface area contributed by atoms with Crippen LogP contribution in [0.4, 0.5) is 13.2 Å². The van der Waals surface area contributed by atoms with E-state index in [2.05, 4.69) is 0 Å². The molecule has 2 nitrogen and oxygen atoms in total. The fourth-order valence-corrected chi connectivity index (χ4v) is 2.73. The topological polar surface area (TPSA) is 35.2 Å². The van der Waals surface area contributed by atoms with E-state index in [1.807, 2.05) is 42.5 Å². The summed E-state index contributed by atoms with van der Waals surface area (Å²) in [4.78, 5) is 0. The molecule has 0 aromatic heterocycles. The Hall–Kier alpha value is -2.53. The van der Waals surface area contributed by atoms with Gasteiger partial charge >= 0.3 is 6.18 Å². The van der Waals surface area contributed by atoms with Crippen molar-refractivity contribution in [2.24, 2.45) is 5.73 Å². The SMILES string of the molecule is N[C@@H](CCOc1cccc2ccccc12)c1cccc(C(F)(F)F)c1. The summed E-state index contributed by atoms with van der Waals surface area (Å²) in [6.07, 6.45) is -3.94. The Morgan fingerprint density at radius 3 is 2.44 bits per heavy atom. The molecule has 0 bridgehead atoms. The lowest BCUT2D eigenvalue weighted by atomic mass is 10.0. The lowest BCUT2D eigenvalue weighted by Crippen LogP contribution is -2.15. The van der Waals surface area contributed by atoms with Gasteiger partial charge in [0.1, 0.15) is 5.75 Å². The van der Waals surface area contributed by atoms with Crippen molar-refractivity contribution in [2.75, 3.05) is 6.61 Å². The van der Waals surface area contributed by atoms with Gasteiger partial charge in [-0.25, -0.2) is 0 Å². The zero-order valence-corrected chi connectivity index (χ0v) is 13.5. The van der Waals surface area contributed by atoms with Crippen molar-refractivity contribution in [3.63, 3.8) is 0 Å². The average molecular weight is 345 g/mol. The van der Waals surface area contributed by atoms with Gasteiger partial charge in [-0.05, 0) is 29.1 Å². The number of halogens is 3. The van der Waals surface area contributed by atoms with Gasteiger partial charge in [0.15, 0.2) is 0 Å². The lowest BCUT2D eigenvalue weighted by Gasteiger charge is -2.15. The van der Waals surface area contributed by atoms with E-state index in [1.54, 1.807) is 6.07 Å². The molecule has 5 heteroatoms. The molecule has 0 unspecified atom stereocenters. The minimum atomic E-state index is -4.37. The third-order valence-corrected chi connectivity index (χ3v) is 4.08. The van der Waals surface area contributed by atoms with Gasteiger partial charge in [0.05, 0.1) is 12.2 Å². The number of rotatable bonds is 5. The molecule has 0 saturated carbocycles. The zero-order chi connectivity index (χ0) is 17.9. The highest BCUT2D eigenvalue weighted by Crippen LogP contribution is 2.31. The maximum atomic E-state index is 12.8. The van der Waals surface area contributed by atoms with Gasteiger partial charge in [-0.2, -0.15) is 13.2 Å². The first-order chi connectivity index (χ1) is 11.9. The third kappa shape index (κ3) is 4.12. The molecule has 130 valence electrons. The normalized spacial score (nSPS) is 13.0. The van der Waals surface area contributed by atoms with Gasteiger partial charge in [0.25, 0.3) is 0 Å². The number of fused-ring (bicyclic) bond motifs is 1. The van der Waals surface area contributed by atoms with Crippen LogP contribution >= 0.6 is 0 Å². The summed E-state index contributed by atoms with van der Waals surface area (Å²) in [5.41, 5.74) is 5.81. The van der Waals surface area contributed by atoms with Crippen LogP contribution in [-0.2, 0) is 6.18 Å². The van der Waals surface area contributed by atoms with Crippen LogP contribution in [0.1, 0.15) is 23.6 Å². The van der Waals surface area contributed by atoms with E-state index < -0.39 is 17.8 Å². The molecule has 0 aliphatic heterocycles. The molecule has 0 heterocycles. The van der Waals surface area contributed by atoms with Crippen LogP contribution in [0.25, 0.3) is 10.8 Å². The Morgan fingerprint density at radius 2 is 1.64 bits per heavy atom. The summed E-state index contributed by atoms with van der Waals surface area (Å²) < 4.78 is 44.2. The number of hydrogen-bond acceptors (Lipinski definition) is 2. The second-order valence-corrected chi connectivity index (χ2v) is 5.84. The molecule has 2 N–H and O–H groups in total. The fourth-order valence-electron chi connectivity index (χ4n) is 2.73. The molecule has 1 atom stereocenters. The van der Waals surface area contributed by atoms with Crippen LogP contribution in [0.3, 0.4) is 0 Å². The summed E-state index contributed by atoms with van der Waals surface area (Å²) in [6, 6.07) is 18.2. The Bertz CT molecular complexity index is 855. The molecule has 0 aliphatic carbocycles. The van der Waals surface area contributed by atoms with E-state index >= 15 is 0 Å². The maximum absolute atomic E-state index is 12.8. The average Bonchev–Trinajstić information content (AvgIpc) is 2.61. The Morgan fingerprint density at radius 1 is 0.920 bits per heavy atom. The molecular weight excluding hydrogens is 327 g/mol. The number of nitrogens with two attached hydrogens (primary N) is 1. The van der Waals surface area contributed by atoms with Crippen molar-refractivity contribution in [3.05, 3.63) is 77.9 Å². The van der Waals surface area contributed by atoms with Crippen LogP contribution in [0, 0.1) is 0 Å². The minimum Gasteiger partial charge on any atom is -0.493 e.